The van der Waals surface area contributed by atoms with Gasteiger partial charge in [-0.25, -0.2) is 13.1 Å². The van der Waals surface area contributed by atoms with E-state index in [1.54, 1.807) is 19.2 Å². The van der Waals surface area contributed by atoms with Crippen molar-refractivity contribution in [1.29, 1.82) is 0 Å². The lowest BCUT2D eigenvalue weighted by Gasteiger charge is -2.32. The topological polar surface area (TPSA) is 71.1 Å². The zero-order chi connectivity index (χ0) is 20.1. The Balaban J connectivity index is 1.68. The van der Waals surface area contributed by atoms with E-state index in [4.69, 9.17) is 9.47 Å². The third kappa shape index (κ3) is 4.95. The van der Waals surface area contributed by atoms with Gasteiger partial charge in [0.25, 0.3) is 0 Å². The minimum atomic E-state index is -3.60. The van der Waals surface area contributed by atoms with Crippen molar-refractivity contribution < 1.29 is 17.9 Å². The van der Waals surface area contributed by atoms with Crippen LogP contribution in [0.25, 0.3) is 0 Å². The van der Waals surface area contributed by atoms with Gasteiger partial charge in [-0.2, -0.15) is 0 Å². The molecule has 0 radical (unpaired) electrons. The number of methoxy groups -OCH3 is 1. The molecule has 0 saturated carbocycles. The number of rotatable bonds is 8. The zero-order valence-electron chi connectivity index (χ0n) is 16.5. The molecule has 8 heteroatoms. The third-order valence-corrected chi connectivity index (χ3v) is 6.05. The molecule has 7 nitrogen and oxygen atoms in total. The number of nitrogens with one attached hydrogen (secondary N) is 1. The van der Waals surface area contributed by atoms with Gasteiger partial charge in [0.1, 0.15) is 18.1 Å². The molecule has 1 heterocycles. The van der Waals surface area contributed by atoms with E-state index in [-0.39, 0.29) is 11.4 Å². The minimum Gasteiger partial charge on any atom is -0.497 e. The molecule has 0 unspecified atom stereocenters. The highest BCUT2D eigenvalue weighted by Crippen LogP contribution is 2.32. The molecular weight excluding hydrogens is 378 g/mol. The normalized spacial score (nSPS) is 13.9. The van der Waals surface area contributed by atoms with Gasteiger partial charge in [0.2, 0.25) is 10.0 Å². The van der Waals surface area contributed by atoms with Crippen molar-refractivity contribution in [2.24, 2.45) is 0 Å². The number of likely N-dealkylation sites (N-methyl/N-ethyl adjacent to an activating group) is 1. The van der Waals surface area contributed by atoms with Crippen LogP contribution in [0.4, 0.5) is 5.69 Å². The number of benzene rings is 2. The van der Waals surface area contributed by atoms with E-state index < -0.39 is 10.0 Å². The molecule has 0 saturated heterocycles. The molecule has 0 amide bonds. The summed E-state index contributed by atoms with van der Waals surface area (Å²) in [6, 6.07) is 12.2. The Kier molecular flexibility index (Phi) is 6.43. The van der Waals surface area contributed by atoms with Crippen molar-refractivity contribution in [1.82, 2.24) is 9.62 Å². The van der Waals surface area contributed by atoms with Gasteiger partial charge in [0, 0.05) is 19.6 Å². The summed E-state index contributed by atoms with van der Waals surface area (Å²) >= 11 is 0. The third-order valence-electron chi connectivity index (χ3n) is 4.64. The van der Waals surface area contributed by atoms with Crippen LogP contribution in [0, 0.1) is 0 Å². The van der Waals surface area contributed by atoms with Crippen LogP contribution in [0.3, 0.4) is 0 Å². The van der Waals surface area contributed by atoms with E-state index in [0.717, 1.165) is 36.6 Å². The number of fused-ring (bicyclic) bond motifs is 1. The van der Waals surface area contributed by atoms with Crippen LogP contribution < -0.4 is 19.1 Å². The average Bonchev–Trinajstić information content (AvgIpc) is 2.70. The first-order valence-corrected chi connectivity index (χ1v) is 10.7. The molecule has 0 aliphatic carbocycles. The van der Waals surface area contributed by atoms with Crippen LogP contribution in [0.5, 0.6) is 11.5 Å². The quantitative estimate of drug-likeness (QED) is 0.724. The summed E-state index contributed by atoms with van der Waals surface area (Å²) in [4.78, 5) is 4.65. The second-order valence-electron chi connectivity index (χ2n) is 6.94. The standard InChI is InChI=1S/C20H27N3O4S/c1-22(2)10-11-23-12-13-27-20-14-16(4-9-19(20)23)15-21-28(24,25)18-7-5-17(26-3)6-8-18/h4-9,14,21H,10-13,15H2,1-3H3. The Morgan fingerprint density at radius 1 is 1.18 bits per heavy atom. The Bertz CT molecular complexity index is 898. The first-order valence-electron chi connectivity index (χ1n) is 9.18. The summed E-state index contributed by atoms with van der Waals surface area (Å²) in [5.74, 6) is 1.41. The average molecular weight is 406 g/mol. The predicted molar refractivity (Wildman–Crippen MR) is 110 cm³/mol. The van der Waals surface area contributed by atoms with Gasteiger partial charge in [-0.05, 0) is 56.1 Å². The Labute approximate surface area is 166 Å². The largest absolute Gasteiger partial charge is 0.497 e. The summed E-state index contributed by atoms with van der Waals surface area (Å²) in [7, 11) is 2.06. The zero-order valence-corrected chi connectivity index (χ0v) is 17.3. The summed E-state index contributed by atoms with van der Waals surface area (Å²) < 4.78 is 38.5. The van der Waals surface area contributed by atoms with E-state index in [2.05, 4.69) is 28.6 Å². The highest BCUT2D eigenvalue weighted by atomic mass is 32.2. The van der Waals surface area contributed by atoms with Crippen molar-refractivity contribution in [3.05, 3.63) is 48.0 Å². The van der Waals surface area contributed by atoms with Gasteiger partial charge < -0.3 is 19.3 Å². The van der Waals surface area contributed by atoms with Gasteiger partial charge in [-0.15, -0.1) is 0 Å². The molecule has 0 fully saturated rings. The summed E-state index contributed by atoms with van der Waals surface area (Å²) in [6.07, 6.45) is 0. The second-order valence-corrected chi connectivity index (χ2v) is 8.71. The van der Waals surface area contributed by atoms with E-state index in [9.17, 15) is 8.42 Å². The Morgan fingerprint density at radius 3 is 2.61 bits per heavy atom. The van der Waals surface area contributed by atoms with Crippen LogP contribution in [-0.4, -0.2) is 60.8 Å². The molecule has 28 heavy (non-hydrogen) atoms. The van der Waals surface area contributed by atoms with Crippen molar-refractivity contribution in [3.63, 3.8) is 0 Å². The molecule has 3 rings (SSSR count). The highest BCUT2D eigenvalue weighted by molar-refractivity contribution is 7.89. The molecule has 0 bridgehead atoms. The van der Waals surface area contributed by atoms with Crippen molar-refractivity contribution >= 4 is 15.7 Å². The first-order chi connectivity index (χ1) is 13.4. The molecule has 1 aliphatic heterocycles. The number of sulfonamides is 1. The SMILES string of the molecule is COc1ccc(S(=O)(=O)NCc2ccc3c(c2)OCCN3CCN(C)C)cc1. The van der Waals surface area contributed by atoms with Crippen molar-refractivity contribution in [2.45, 2.75) is 11.4 Å². The fourth-order valence-electron chi connectivity index (χ4n) is 3.00. The molecule has 0 atom stereocenters. The maximum absolute atomic E-state index is 12.5. The molecule has 0 aromatic heterocycles. The van der Waals surface area contributed by atoms with Crippen molar-refractivity contribution in [2.75, 3.05) is 52.3 Å². The molecule has 0 spiro atoms. The molecule has 2 aromatic carbocycles. The lowest BCUT2D eigenvalue weighted by atomic mass is 10.1. The van der Waals surface area contributed by atoms with Gasteiger partial charge in [0.05, 0.1) is 24.2 Å². The molecule has 152 valence electrons. The first kappa shape index (κ1) is 20.4. The van der Waals surface area contributed by atoms with Crippen LogP contribution in [0.1, 0.15) is 5.56 Å². The van der Waals surface area contributed by atoms with E-state index in [1.165, 1.54) is 12.1 Å². The van der Waals surface area contributed by atoms with Crippen LogP contribution in [-0.2, 0) is 16.6 Å². The molecule has 2 aromatic rings. The number of anilines is 1. The van der Waals surface area contributed by atoms with E-state index in [1.807, 2.05) is 18.2 Å². The lowest BCUT2D eigenvalue weighted by molar-refractivity contribution is 0.302. The predicted octanol–water partition coefficient (Wildman–Crippen LogP) is 1.93. The Morgan fingerprint density at radius 2 is 1.93 bits per heavy atom. The lowest BCUT2D eigenvalue weighted by Crippen LogP contribution is -2.37. The second kappa shape index (κ2) is 8.81. The smallest absolute Gasteiger partial charge is 0.240 e. The summed E-state index contributed by atoms with van der Waals surface area (Å²) in [5.41, 5.74) is 1.90. The highest BCUT2D eigenvalue weighted by Gasteiger charge is 2.19. The fraction of sp³-hybridized carbons (Fsp3) is 0.400. The summed E-state index contributed by atoms with van der Waals surface area (Å²) in [6.45, 7) is 3.56. The number of nitrogens with zero attached hydrogens (tertiary/aromatic N) is 2. The van der Waals surface area contributed by atoms with Gasteiger partial charge in [-0.3, -0.25) is 0 Å². The minimum absolute atomic E-state index is 0.197. The van der Waals surface area contributed by atoms with Gasteiger partial charge in [-0.1, -0.05) is 6.07 Å². The maximum Gasteiger partial charge on any atom is 0.240 e. The fourth-order valence-corrected chi connectivity index (χ4v) is 4.02. The molecular formula is C20H27N3O4S. The van der Waals surface area contributed by atoms with Crippen LogP contribution in [0.2, 0.25) is 0 Å². The van der Waals surface area contributed by atoms with E-state index >= 15 is 0 Å². The van der Waals surface area contributed by atoms with Crippen molar-refractivity contribution in [3.8, 4) is 11.5 Å². The number of ether oxygens (including phenoxy) is 2. The van der Waals surface area contributed by atoms with Crippen LogP contribution in [0.15, 0.2) is 47.4 Å². The monoisotopic (exact) mass is 405 g/mol. The van der Waals surface area contributed by atoms with Crippen LogP contribution >= 0.6 is 0 Å². The molecule has 1 aliphatic rings. The maximum atomic E-state index is 12.5. The summed E-state index contributed by atoms with van der Waals surface area (Å²) in [5, 5.41) is 0. The number of hydrogen-bond acceptors (Lipinski definition) is 6. The van der Waals surface area contributed by atoms with Gasteiger partial charge in [0.15, 0.2) is 0 Å². The Hall–Kier alpha value is -2.29. The number of hydrogen-bond donors (Lipinski definition) is 1. The van der Waals surface area contributed by atoms with E-state index in [0.29, 0.717) is 12.4 Å². The molecule has 1 N–H and O–H groups in total. The van der Waals surface area contributed by atoms with Gasteiger partial charge >= 0.3 is 0 Å².